The first-order valence-electron chi connectivity index (χ1n) is 4.09. The second-order valence-electron chi connectivity index (χ2n) is 2.84. The van der Waals surface area contributed by atoms with Crippen molar-refractivity contribution in [2.24, 2.45) is 7.05 Å². The Balaban J connectivity index is 2.72. The maximum atomic E-state index is 10.5. The topological polar surface area (TPSA) is 80.9 Å². The fourth-order valence-corrected chi connectivity index (χ4v) is 1.09. The summed E-state index contributed by atoms with van der Waals surface area (Å²) in [5.74, 6) is -0.460. The van der Waals surface area contributed by atoms with Gasteiger partial charge in [-0.2, -0.15) is 4.80 Å². The molecule has 1 N–H and O–H groups in total. The summed E-state index contributed by atoms with van der Waals surface area (Å²) in [6.07, 6.45) is 0.764. The summed E-state index contributed by atoms with van der Waals surface area (Å²) in [4.78, 5) is 11.8. The highest BCUT2D eigenvalue weighted by atomic mass is 16.4. The molecule has 0 spiro atoms. The molecule has 1 aromatic heterocycles. The number of carbonyl (C=O) groups is 1. The summed E-state index contributed by atoms with van der Waals surface area (Å²) in [7, 11) is 1.66. The number of tetrazole rings is 1. The first-order valence-corrected chi connectivity index (χ1v) is 4.09. The molecule has 1 unspecified atom stereocenters. The Bertz CT molecular complexity index is 296. The zero-order valence-corrected chi connectivity index (χ0v) is 7.64. The van der Waals surface area contributed by atoms with E-state index in [-0.39, 0.29) is 12.3 Å². The third-order valence-electron chi connectivity index (χ3n) is 1.80. The average molecular weight is 184 g/mol. The summed E-state index contributed by atoms with van der Waals surface area (Å²) in [6, 6.07) is 0. The third kappa shape index (κ3) is 2.50. The number of carboxylic acid groups (broad SMARTS) is 1. The molecule has 0 aliphatic carbocycles. The highest BCUT2D eigenvalue weighted by Crippen LogP contribution is 2.18. The van der Waals surface area contributed by atoms with Gasteiger partial charge in [-0.15, -0.1) is 10.2 Å². The van der Waals surface area contributed by atoms with E-state index in [2.05, 4.69) is 15.4 Å². The lowest BCUT2D eigenvalue weighted by Crippen LogP contribution is -2.07. The van der Waals surface area contributed by atoms with E-state index in [0.717, 1.165) is 0 Å². The fraction of sp³-hybridized carbons (Fsp3) is 0.714. The molecule has 0 saturated carbocycles. The fourth-order valence-electron chi connectivity index (χ4n) is 1.09. The summed E-state index contributed by atoms with van der Waals surface area (Å²) in [6.45, 7) is 1.91. The van der Waals surface area contributed by atoms with Crippen LogP contribution >= 0.6 is 0 Å². The van der Waals surface area contributed by atoms with Gasteiger partial charge in [-0.1, -0.05) is 6.92 Å². The van der Waals surface area contributed by atoms with Crippen molar-refractivity contribution in [3.05, 3.63) is 5.82 Å². The highest BCUT2D eigenvalue weighted by Gasteiger charge is 2.17. The second-order valence-corrected chi connectivity index (χ2v) is 2.84. The molecule has 1 heterocycles. The number of aryl methyl sites for hydroxylation is 1. The van der Waals surface area contributed by atoms with Crippen LogP contribution in [0.4, 0.5) is 0 Å². The standard InChI is InChI=1S/C7H12N4O2/c1-3-5(4-6(12)13)7-8-10-11(2)9-7/h5H,3-4H2,1-2H3,(H,12,13). The van der Waals surface area contributed by atoms with Gasteiger partial charge in [0.2, 0.25) is 0 Å². The van der Waals surface area contributed by atoms with Crippen molar-refractivity contribution >= 4 is 5.97 Å². The third-order valence-corrected chi connectivity index (χ3v) is 1.80. The number of hydrogen-bond acceptors (Lipinski definition) is 4. The van der Waals surface area contributed by atoms with E-state index in [1.165, 1.54) is 4.80 Å². The molecule has 0 bridgehead atoms. The van der Waals surface area contributed by atoms with Crippen molar-refractivity contribution in [3.63, 3.8) is 0 Å². The van der Waals surface area contributed by atoms with Crippen molar-refractivity contribution in [2.45, 2.75) is 25.7 Å². The van der Waals surface area contributed by atoms with Gasteiger partial charge < -0.3 is 5.11 Å². The van der Waals surface area contributed by atoms with Gasteiger partial charge in [0, 0.05) is 5.92 Å². The molecule has 0 aliphatic heterocycles. The van der Waals surface area contributed by atoms with E-state index in [9.17, 15) is 4.79 Å². The zero-order chi connectivity index (χ0) is 9.84. The number of hydrogen-bond donors (Lipinski definition) is 1. The van der Waals surface area contributed by atoms with Crippen LogP contribution in [0.15, 0.2) is 0 Å². The van der Waals surface area contributed by atoms with Crippen LogP contribution in [-0.2, 0) is 11.8 Å². The molecule has 1 rings (SSSR count). The average Bonchev–Trinajstić information content (AvgIpc) is 2.47. The number of nitrogens with zero attached hydrogens (tertiary/aromatic N) is 4. The molecule has 1 atom stereocenters. The molecule has 0 aromatic carbocycles. The van der Waals surface area contributed by atoms with E-state index in [1.54, 1.807) is 7.05 Å². The van der Waals surface area contributed by atoms with Crippen molar-refractivity contribution in [1.82, 2.24) is 20.2 Å². The van der Waals surface area contributed by atoms with Gasteiger partial charge in [-0.25, -0.2) is 0 Å². The Morgan fingerprint density at radius 3 is 2.77 bits per heavy atom. The zero-order valence-electron chi connectivity index (χ0n) is 7.64. The second kappa shape index (κ2) is 3.97. The minimum Gasteiger partial charge on any atom is -0.481 e. The van der Waals surface area contributed by atoms with Crippen molar-refractivity contribution < 1.29 is 9.90 Å². The highest BCUT2D eigenvalue weighted by molar-refractivity contribution is 5.67. The largest absolute Gasteiger partial charge is 0.481 e. The van der Waals surface area contributed by atoms with Gasteiger partial charge in [0.15, 0.2) is 5.82 Å². The summed E-state index contributed by atoms with van der Waals surface area (Å²) in [5.41, 5.74) is 0. The molecular weight excluding hydrogens is 172 g/mol. The Kier molecular flexibility index (Phi) is 2.94. The van der Waals surface area contributed by atoms with Gasteiger partial charge in [0.1, 0.15) is 0 Å². The molecule has 1 aromatic rings. The minimum atomic E-state index is -0.834. The molecule has 72 valence electrons. The van der Waals surface area contributed by atoms with Crippen LogP contribution in [-0.4, -0.2) is 31.3 Å². The molecule has 0 saturated heterocycles. The predicted molar refractivity (Wildman–Crippen MR) is 44.1 cm³/mol. The number of carboxylic acids is 1. The van der Waals surface area contributed by atoms with Crippen LogP contribution in [0, 0.1) is 0 Å². The maximum Gasteiger partial charge on any atom is 0.304 e. The monoisotopic (exact) mass is 184 g/mol. The van der Waals surface area contributed by atoms with E-state index < -0.39 is 5.97 Å². The first kappa shape index (κ1) is 9.63. The Labute approximate surface area is 75.6 Å². The van der Waals surface area contributed by atoms with Crippen molar-refractivity contribution in [2.75, 3.05) is 0 Å². The molecule has 13 heavy (non-hydrogen) atoms. The molecule has 0 radical (unpaired) electrons. The molecule has 0 fully saturated rings. The summed E-state index contributed by atoms with van der Waals surface area (Å²) in [5, 5.41) is 20.0. The van der Waals surface area contributed by atoms with Crippen molar-refractivity contribution in [1.29, 1.82) is 0 Å². The summed E-state index contributed by atoms with van der Waals surface area (Å²) >= 11 is 0. The minimum absolute atomic E-state index is 0.0577. The SMILES string of the molecule is CCC(CC(=O)O)c1nnn(C)n1. The van der Waals surface area contributed by atoms with Crippen LogP contribution in [0.3, 0.4) is 0 Å². The predicted octanol–water partition coefficient (Wildman–Crippen LogP) is 0.178. The Morgan fingerprint density at radius 1 is 1.69 bits per heavy atom. The van der Waals surface area contributed by atoms with Crippen LogP contribution < -0.4 is 0 Å². The van der Waals surface area contributed by atoms with E-state index in [1.807, 2.05) is 6.92 Å². The van der Waals surface area contributed by atoms with Crippen LogP contribution in [0.1, 0.15) is 31.5 Å². The van der Waals surface area contributed by atoms with Crippen molar-refractivity contribution in [3.8, 4) is 0 Å². The van der Waals surface area contributed by atoms with Crippen LogP contribution in [0.25, 0.3) is 0 Å². The van der Waals surface area contributed by atoms with Gasteiger partial charge in [-0.3, -0.25) is 4.79 Å². The Morgan fingerprint density at radius 2 is 2.38 bits per heavy atom. The number of rotatable bonds is 4. The quantitative estimate of drug-likeness (QED) is 0.721. The first-order chi connectivity index (χ1) is 6.13. The van der Waals surface area contributed by atoms with Gasteiger partial charge in [-0.05, 0) is 11.6 Å². The van der Waals surface area contributed by atoms with Gasteiger partial charge >= 0.3 is 5.97 Å². The van der Waals surface area contributed by atoms with Crippen LogP contribution in [0.2, 0.25) is 0 Å². The Hall–Kier alpha value is -1.46. The lowest BCUT2D eigenvalue weighted by molar-refractivity contribution is -0.137. The summed E-state index contributed by atoms with van der Waals surface area (Å²) < 4.78 is 0. The molecule has 0 amide bonds. The smallest absolute Gasteiger partial charge is 0.304 e. The number of aliphatic carboxylic acids is 1. The van der Waals surface area contributed by atoms with Gasteiger partial charge in [0.25, 0.3) is 0 Å². The van der Waals surface area contributed by atoms with E-state index in [0.29, 0.717) is 12.2 Å². The van der Waals surface area contributed by atoms with Gasteiger partial charge in [0.05, 0.1) is 13.5 Å². The normalized spacial score (nSPS) is 12.8. The van der Waals surface area contributed by atoms with Crippen LogP contribution in [0.5, 0.6) is 0 Å². The molecule has 0 aliphatic rings. The lowest BCUT2D eigenvalue weighted by atomic mass is 10.0. The molecular formula is C7H12N4O2. The molecule has 6 heteroatoms. The van der Waals surface area contributed by atoms with E-state index >= 15 is 0 Å². The number of aromatic nitrogens is 4. The van der Waals surface area contributed by atoms with E-state index in [4.69, 9.17) is 5.11 Å². The maximum absolute atomic E-state index is 10.5. The molecule has 6 nitrogen and oxygen atoms in total. The lowest BCUT2D eigenvalue weighted by Gasteiger charge is -2.05.